The number of aliphatic hydroxyl groups excluding tert-OH is 1. The normalized spacial score (nSPS) is 24.0. The molecule has 1 amide bonds. The summed E-state index contributed by atoms with van der Waals surface area (Å²) in [5.41, 5.74) is 0.590. The Kier molecular flexibility index (Phi) is 6.65. The Balaban J connectivity index is 0.00000220. The highest BCUT2D eigenvalue weighted by Crippen LogP contribution is 2.19. The van der Waals surface area contributed by atoms with Crippen LogP contribution >= 0.6 is 12.4 Å². The first-order valence-electron chi connectivity index (χ1n) is 7.29. The number of benzene rings is 1. The van der Waals surface area contributed by atoms with Crippen LogP contribution in [0, 0.1) is 0 Å². The summed E-state index contributed by atoms with van der Waals surface area (Å²) < 4.78 is 0. The first-order chi connectivity index (χ1) is 9.51. The minimum Gasteiger partial charge on any atom is -0.391 e. The molecular formula is C16H25ClN2O2. The maximum Gasteiger partial charge on any atom is 0.240 e. The van der Waals surface area contributed by atoms with Crippen molar-refractivity contribution in [3.05, 3.63) is 35.9 Å². The Morgan fingerprint density at radius 3 is 2.67 bits per heavy atom. The lowest BCUT2D eigenvalue weighted by Gasteiger charge is -2.27. The fraction of sp³-hybridized carbons (Fsp3) is 0.562. The van der Waals surface area contributed by atoms with Crippen LogP contribution in [0.15, 0.2) is 30.3 Å². The van der Waals surface area contributed by atoms with Crippen LogP contribution < -0.4 is 10.6 Å². The number of carbonyl (C=O) groups excluding carboxylic acids is 1. The largest absolute Gasteiger partial charge is 0.391 e. The number of nitrogens with one attached hydrogen (secondary N) is 2. The van der Waals surface area contributed by atoms with Crippen molar-refractivity contribution in [3.8, 4) is 0 Å². The molecule has 1 saturated heterocycles. The van der Waals surface area contributed by atoms with Crippen LogP contribution in [0.25, 0.3) is 0 Å². The zero-order valence-corrected chi connectivity index (χ0v) is 13.5. The summed E-state index contributed by atoms with van der Waals surface area (Å²) in [6, 6.07) is 9.56. The van der Waals surface area contributed by atoms with Gasteiger partial charge in [-0.05, 0) is 38.8 Å². The van der Waals surface area contributed by atoms with Crippen LogP contribution in [-0.4, -0.2) is 35.2 Å². The van der Waals surface area contributed by atoms with Gasteiger partial charge >= 0.3 is 0 Å². The van der Waals surface area contributed by atoms with E-state index in [4.69, 9.17) is 0 Å². The van der Waals surface area contributed by atoms with Gasteiger partial charge in [0.2, 0.25) is 5.91 Å². The molecule has 5 heteroatoms. The molecule has 1 heterocycles. The van der Waals surface area contributed by atoms with Gasteiger partial charge in [-0.15, -0.1) is 12.4 Å². The first kappa shape index (κ1) is 18.0. The van der Waals surface area contributed by atoms with Gasteiger partial charge < -0.3 is 15.7 Å². The zero-order chi connectivity index (χ0) is 14.6. The van der Waals surface area contributed by atoms with Crippen molar-refractivity contribution < 1.29 is 9.90 Å². The summed E-state index contributed by atoms with van der Waals surface area (Å²) in [7, 11) is 0. The molecule has 3 unspecified atom stereocenters. The molecule has 3 N–H and O–H groups in total. The van der Waals surface area contributed by atoms with E-state index in [1.54, 1.807) is 0 Å². The van der Waals surface area contributed by atoms with Crippen LogP contribution in [0.4, 0.5) is 0 Å². The van der Waals surface area contributed by atoms with E-state index in [9.17, 15) is 9.90 Å². The maximum absolute atomic E-state index is 12.2. The standard InChI is InChI=1S/C16H24N2O2.ClH/c1-12(14(19)11-13-7-4-3-5-8-13)18-15(20)16(2)9-6-10-17-16;/h3-5,7-8,12,14,17,19H,6,9-11H2,1-2H3,(H,18,20);1H. The van der Waals surface area contributed by atoms with Crippen LogP contribution in [0.2, 0.25) is 0 Å². The third kappa shape index (κ3) is 4.70. The van der Waals surface area contributed by atoms with Crippen molar-refractivity contribution in [3.63, 3.8) is 0 Å². The Hall–Kier alpha value is -1.10. The second-order valence-corrected chi connectivity index (χ2v) is 5.88. The van der Waals surface area contributed by atoms with E-state index in [1.807, 2.05) is 44.2 Å². The van der Waals surface area contributed by atoms with Gasteiger partial charge in [-0.1, -0.05) is 30.3 Å². The number of amides is 1. The average molecular weight is 313 g/mol. The highest BCUT2D eigenvalue weighted by Gasteiger charge is 2.36. The molecule has 118 valence electrons. The molecule has 0 spiro atoms. The minimum atomic E-state index is -0.577. The SMILES string of the molecule is CC(NC(=O)C1(C)CCCN1)C(O)Cc1ccccc1.Cl. The van der Waals surface area contributed by atoms with Gasteiger partial charge in [0.15, 0.2) is 0 Å². The Labute approximate surface area is 132 Å². The summed E-state index contributed by atoms with van der Waals surface area (Å²) in [4.78, 5) is 12.2. The summed E-state index contributed by atoms with van der Waals surface area (Å²) in [5.74, 6) is -0.0189. The van der Waals surface area contributed by atoms with E-state index in [0.29, 0.717) is 6.42 Å². The third-order valence-corrected chi connectivity index (χ3v) is 4.09. The van der Waals surface area contributed by atoms with E-state index >= 15 is 0 Å². The molecule has 2 rings (SSSR count). The number of hydrogen-bond donors (Lipinski definition) is 3. The quantitative estimate of drug-likeness (QED) is 0.775. The molecule has 0 aromatic heterocycles. The zero-order valence-electron chi connectivity index (χ0n) is 12.6. The molecule has 1 aromatic carbocycles. The predicted octanol–water partition coefficient (Wildman–Crippen LogP) is 1.66. The maximum atomic E-state index is 12.2. The van der Waals surface area contributed by atoms with Gasteiger partial charge in [-0.2, -0.15) is 0 Å². The fourth-order valence-electron chi connectivity index (χ4n) is 2.58. The van der Waals surface area contributed by atoms with Crippen LogP contribution in [0.3, 0.4) is 0 Å². The summed E-state index contributed by atoms with van der Waals surface area (Å²) in [6.07, 6.45) is 1.84. The Morgan fingerprint density at radius 2 is 2.10 bits per heavy atom. The second kappa shape index (κ2) is 7.78. The molecule has 1 aliphatic heterocycles. The molecule has 0 radical (unpaired) electrons. The molecule has 0 bridgehead atoms. The Bertz CT molecular complexity index is 447. The van der Waals surface area contributed by atoms with E-state index in [2.05, 4.69) is 10.6 Å². The summed E-state index contributed by atoms with van der Waals surface area (Å²) >= 11 is 0. The van der Waals surface area contributed by atoms with Gasteiger partial charge in [-0.25, -0.2) is 0 Å². The van der Waals surface area contributed by atoms with Crippen LogP contribution in [-0.2, 0) is 11.2 Å². The lowest BCUT2D eigenvalue weighted by molar-refractivity contribution is -0.127. The van der Waals surface area contributed by atoms with E-state index in [-0.39, 0.29) is 24.4 Å². The molecule has 0 aliphatic carbocycles. The number of hydrogen-bond acceptors (Lipinski definition) is 3. The van der Waals surface area contributed by atoms with Gasteiger partial charge in [0.25, 0.3) is 0 Å². The summed E-state index contributed by atoms with van der Waals surface area (Å²) in [5, 5.41) is 16.4. The van der Waals surface area contributed by atoms with Crippen molar-refractivity contribution in [1.82, 2.24) is 10.6 Å². The molecule has 4 nitrogen and oxygen atoms in total. The van der Waals surface area contributed by atoms with Crippen molar-refractivity contribution in [2.24, 2.45) is 0 Å². The van der Waals surface area contributed by atoms with Gasteiger partial charge in [0, 0.05) is 6.42 Å². The number of halogens is 1. The van der Waals surface area contributed by atoms with Gasteiger partial charge in [-0.3, -0.25) is 4.79 Å². The van der Waals surface area contributed by atoms with Crippen molar-refractivity contribution >= 4 is 18.3 Å². The molecular weight excluding hydrogens is 288 g/mol. The molecule has 0 saturated carbocycles. The molecule has 3 atom stereocenters. The second-order valence-electron chi connectivity index (χ2n) is 5.88. The smallest absolute Gasteiger partial charge is 0.240 e. The minimum absolute atomic E-state index is 0. The van der Waals surface area contributed by atoms with Crippen molar-refractivity contribution in [1.29, 1.82) is 0 Å². The predicted molar refractivity (Wildman–Crippen MR) is 86.6 cm³/mol. The molecule has 1 fully saturated rings. The van der Waals surface area contributed by atoms with Crippen molar-refractivity contribution in [2.45, 2.75) is 50.8 Å². The fourth-order valence-corrected chi connectivity index (χ4v) is 2.58. The van der Waals surface area contributed by atoms with Gasteiger partial charge in [0.05, 0.1) is 17.7 Å². The van der Waals surface area contributed by atoms with E-state index < -0.39 is 11.6 Å². The Morgan fingerprint density at radius 1 is 1.43 bits per heavy atom. The van der Waals surface area contributed by atoms with Crippen LogP contribution in [0.5, 0.6) is 0 Å². The highest BCUT2D eigenvalue weighted by atomic mass is 35.5. The highest BCUT2D eigenvalue weighted by molar-refractivity contribution is 5.86. The number of aliphatic hydroxyl groups is 1. The lowest BCUT2D eigenvalue weighted by atomic mass is 9.97. The number of carbonyl (C=O) groups is 1. The monoisotopic (exact) mass is 312 g/mol. The lowest BCUT2D eigenvalue weighted by Crippen LogP contribution is -2.55. The van der Waals surface area contributed by atoms with Gasteiger partial charge in [0.1, 0.15) is 0 Å². The molecule has 1 aromatic rings. The van der Waals surface area contributed by atoms with Crippen LogP contribution in [0.1, 0.15) is 32.3 Å². The average Bonchev–Trinajstić information content (AvgIpc) is 2.88. The van der Waals surface area contributed by atoms with Crippen molar-refractivity contribution in [2.75, 3.05) is 6.54 Å². The third-order valence-electron chi connectivity index (χ3n) is 4.09. The van der Waals surface area contributed by atoms with E-state index in [0.717, 1.165) is 24.9 Å². The summed E-state index contributed by atoms with van der Waals surface area (Å²) in [6.45, 7) is 4.65. The first-order valence-corrected chi connectivity index (χ1v) is 7.29. The molecule has 1 aliphatic rings. The van der Waals surface area contributed by atoms with E-state index in [1.165, 1.54) is 0 Å². The molecule has 21 heavy (non-hydrogen) atoms. The topological polar surface area (TPSA) is 61.4 Å². The number of rotatable bonds is 5.